The van der Waals surface area contributed by atoms with Crippen LogP contribution in [0.4, 0.5) is 18.9 Å². The zero-order valence-corrected chi connectivity index (χ0v) is 13.0. The number of alkyl halides is 3. The number of halogens is 3. The van der Waals surface area contributed by atoms with Crippen molar-refractivity contribution < 1.29 is 26.4 Å². The third-order valence-corrected chi connectivity index (χ3v) is 4.32. The Morgan fingerprint density at radius 1 is 1.08 bits per heavy atom. The van der Waals surface area contributed by atoms with E-state index in [1.807, 2.05) is 0 Å². The molecule has 128 valence electrons. The van der Waals surface area contributed by atoms with E-state index in [4.69, 9.17) is 5.73 Å². The fraction of sp³-hybridized carbons (Fsp3) is 0.133. The number of primary amides is 1. The summed E-state index contributed by atoms with van der Waals surface area (Å²) in [5.41, 5.74) is 3.59. The average Bonchev–Trinajstić information content (AvgIpc) is 2.46. The van der Waals surface area contributed by atoms with Crippen molar-refractivity contribution >= 4 is 21.6 Å². The minimum absolute atomic E-state index is 0.300. The predicted octanol–water partition coefficient (Wildman–Crippen LogP) is 2.75. The highest BCUT2D eigenvalue weighted by Crippen LogP contribution is 2.32. The Morgan fingerprint density at radius 3 is 2.25 bits per heavy atom. The van der Waals surface area contributed by atoms with Crippen molar-refractivity contribution in [2.75, 3.05) is 4.72 Å². The number of rotatable bonds is 5. The van der Waals surface area contributed by atoms with E-state index in [-0.39, 0.29) is 5.69 Å². The average molecular weight is 358 g/mol. The first-order valence-corrected chi connectivity index (χ1v) is 8.29. The molecule has 0 atom stereocenters. The minimum Gasteiger partial charge on any atom is -0.366 e. The highest BCUT2D eigenvalue weighted by atomic mass is 32.2. The molecule has 0 aromatic heterocycles. The Bertz CT molecular complexity index is 850. The lowest BCUT2D eigenvalue weighted by Gasteiger charge is -2.13. The fourth-order valence-corrected chi connectivity index (χ4v) is 3.23. The molecule has 0 aliphatic rings. The molecule has 0 fully saturated rings. The van der Waals surface area contributed by atoms with Crippen LogP contribution in [0.1, 0.15) is 21.5 Å². The first kappa shape index (κ1) is 17.8. The first-order valence-electron chi connectivity index (χ1n) is 6.64. The molecule has 5 nitrogen and oxygen atoms in total. The van der Waals surface area contributed by atoms with Gasteiger partial charge in [-0.05, 0) is 23.8 Å². The molecule has 2 aromatic rings. The number of nitrogens with two attached hydrogens (primary N) is 1. The number of carbonyl (C=O) groups excluding carboxylic acids is 1. The van der Waals surface area contributed by atoms with Crippen molar-refractivity contribution in [3.05, 3.63) is 65.2 Å². The molecule has 0 saturated carbocycles. The van der Waals surface area contributed by atoms with Gasteiger partial charge in [0.1, 0.15) is 0 Å². The van der Waals surface area contributed by atoms with Crippen molar-refractivity contribution in [3.8, 4) is 0 Å². The molecule has 0 saturated heterocycles. The molecule has 0 unspecified atom stereocenters. The second-order valence-electron chi connectivity index (χ2n) is 4.97. The molecular weight excluding hydrogens is 345 g/mol. The van der Waals surface area contributed by atoms with Crippen LogP contribution in [0.2, 0.25) is 0 Å². The van der Waals surface area contributed by atoms with E-state index in [2.05, 4.69) is 4.72 Å². The Hall–Kier alpha value is -2.55. The number of anilines is 1. The molecule has 0 aliphatic heterocycles. The van der Waals surface area contributed by atoms with E-state index in [0.29, 0.717) is 17.7 Å². The highest BCUT2D eigenvalue weighted by molar-refractivity contribution is 7.91. The smallest absolute Gasteiger partial charge is 0.366 e. The summed E-state index contributed by atoms with van der Waals surface area (Å²) in [5, 5.41) is 0. The van der Waals surface area contributed by atoms with Gasteiger partial charge in [-0.25, -0.2) is 8.42 Å². The van der Waals surface area contributed by atoms with Crippen LogP contribution in [0.25, 0.3) is 0 Å². The minimum atomic E-state index is -4.67. The van der Waals surface area contributed by atoms with E-state index in [1.165, 1.54) is 0 Å². The SMILES string of the molecule is NC(=O)c1cc(C(F)(F)F)ccc1NS(=O)(=O)Cc1ccccc1. The van der Waals surface area contributed by atoms with Crippen molar-refractivity contribution in [2.24, 2.45) is 5.73 Å². The molecule has 0 spiro atoms. The van der Waals surface area contributed by atoms with Crippen molar-refractivity contribution in [2.45, 2.75) is 11.9 Å². The van der Waals surface area contributed by atoms with E-state index >= 15 is 0 Å². The van der Waals surface area contributed by atoms with Gasteiger partial charge in [0.15, 0.2) is 0 Å². The number of benzene rings is 2. The molecule has 9 heteroatoms. The lowest BCUT2D eigenvalue weighted by molar-refractivity contribution is -0.137. The summed E-state index contributed by atoms with van der Waals surface area (Å²) in [6, 6.07) is 10.2. The first-order chi connectivity index (χ1) is 11.1. The number of hydrogen-bond acceptors (Lipinski definition) is 3. The maximum absolute atomic E-state index is 12.7. The number of nitrogens with one attached hydrogen (secondary N) is 1. The third kappa shape index (κ3) is 4.48. The Labute approximate surface area is 136 Å². The molecule has 2 rings (SSSR count). The lowest BCUT2D eigenvalue weighted by atomic mass is 10.1. The largest absolute Gasteiger partial charge is 0.416 e. The lowest BCUT2D eigenvalue weighted by Crippen LogP contribution is -2.20. The van der Waals surface area contributed by atoms with Crippen LogP contribution >= 0.6 is 0 Å². The molecule has 24 heavy (non-hydrogen) atoms. The van der Waals surface area contributed by atoms with Gasteiger partial charge in [0.2, 0.25) is 10.0 Å². The normalized spacial score (nSPS) is 12.0. The highest BCUT2D eigenvalue weighted by Gasteiger charge is 2.32. The standard InChI is InChI=1S/C15H13F3N2O3S/c16-15(17,18)11-6-7-13(12(8-11)14(19)21)20-24(22,23)9-10-4-2-1-3-5-10/h1-8,20H,9H2,(H2,19,21). The molecule has 2 aromatic carbocycles. The number of sulfonamides is 1. The quantitative estimate of drug-likeness (QED) is 0.861. The molecule has 1 amide bonds. The van der Waals surface area contributed by atoms with E-state index < -0.39 is 39.0 Å². The molecule has 0 radical (unpaired) electrons. The van der Waals surface area contributed by atoms with Gasteiger partial charge in [0.05, 0.1) is 22.6 Å². The summed E-state index contributed by atoms with van der Waals surface area (Å²) in [7, 11) is -3.93. The molecular formula is C15H13F3N2O3S. The summed E-state index contributed by atoms with van der Waals surface area (Å²) in [6.07, 6.45) is -4.67. The van der Waals surface area contributed by atoms with Gasteiger partial charge in [0.25, 0.3) is 5.91 Å². The predicted molar refractivity (Wildman–Crippen MR) is 82.7 cm³/mol. The number of amides is 1. The summed E-state index contributed by atoms with van der Waals surface area (Å²) < 4.78 is 64.5. The van der Waals surface area contributed by atoms with Crippen LogP contribution < -0.4 is 10.5 Å². The van der Waals surface area contributed by atoms with Crippen LogP contribution in [0.15, 0.2) is 48.5 Å². The molecule has 0 bridgehead atoms. The van der Waals surface area contributed by atoms with Crippen LogP contribution in [0.5, 0.6) is 0 Å². The van der Waals surface area contributed by atoms with Crippen molar-refractivity contribution in [1.29, 1.82) is 0 Å². The van der Waals surface area contributed by atoms with Gasteiger partial charge >= 0.3 is 6.18 Å². The van der Waals surface area contributed by atoms with Crippen molar-refractivity contribution in [1.82, 2.24) is 0 Å². The molecule has 3 N–H and O–H groups in total. The molecule has 0 heterocycles. The van der Waals surface area contributed by atoms with Crippen LogP contribution in [0.3, 0.4) is 0 Å². The van der Waals surface area contributed by atoms with Crippen molar-refractivity contribution in [3.63, 3.8) is 0 Å². The number of carbonyl (C=O) groups is 1. The Morgan fingerprint density at radius 2 is 1.71 bits per heavy atom. The maximum Gasteiger partial charge on any atom is 0.416 e. The van der Waals surface area contributed by atoms with E-state index in [0.717, 1.165) is 6.07 Å². The van der Waals surface area contributed by atoms with Gasteiger partial charge in [-0.1, -0.05) is 30.3 Å². The Balaban J connectivity index is 2.33. The van der Waals surface area contributed by atoms with Gasteiger partial charge in [-0.15, -0.1) is 0 Å². The topological polar surface area (TPSA) is 89.3 Å². The second kappa shape index (κ2) is 6.52. The second-order valence-corrected chi connectivity index (χ2v) is 6.69. The summed E-state index contributed by atoms with van der Waals surface area (Å²) in [6.45, 7) is 0. The summed E-state index contributed by atoms with van der Waals surface area (Å²) in [4.78, 5) is 11.4. The summed E-state index contributed by atoms with van der Waals surface area (Å²) >= 11 is 0. The summed E-state index contributed by atoms with van der Waals surface area (Å²) in [5.74, 6) is -1.56. The van der Waals surface area contributed by atoms with Gasteiger partial charge in [-0.3, -0.25) is 9.52 Å². The fourth-order valence-electron chi connectivity index (χ4n) is 2.01. The maximum atomic E-state index is 12.7. The number of hydrogen-bond donors (Lipinski definition) is 2. The van der Waals surface area contributed by atoms with E-state index in [9.17, 15) is 26.4 Å². The van der Waals surface area contributed by atoms with Gasteiger partial charge in [-0.2, -0.15) is 13.2 Å². The zero-order valence-electron chi connectivity index (χ0n) is 12.2. The zero-order chi connectivity index (χ0) is 18.0. The van der Waals surface area contributed by atoms with Crippen LogP contribution in [0, 0.1) is 0 Å². The molecule has 0 aliphatic carbocycles. The van der Waals surface area contributed by atoms with Crippen LogP contribution in [-0.2, 0) is 22.0 Å². The van der Waals surface area contributed by atoms with E-state index in [1.54, 1.807) is 30.3 Å². The Kier molecular flexibility index (Phi) is 4.83. The third-order valence-electron chi connectivity index (χ3n) is 3.08. The monoisotopic (exact) mass is 358 g/mol. The van der Waals surface area contributed by atoms with Gasteiger partial charge < -0.3 is 5.73 Å². The van der Waals surface area contributed by atoms with Gasteiger partial charge in [0, 0.05) is 0 Å². The van der Waals surface area contributed by atoms with Crippen LogP contribution in [-0.4, -0.2) is 14.3 Å².